The van der Waals surface area contributed by atoms with Crippen LogP contribution >= 0.6 is 0 Å². The first-order chi connectivity index (χ1) is 11.7. The van der Waals surface area contributed by atoms with Gasteiger partial charge in [0.25, 0.3) is 0 Å². The zero-order valence-electron chi connectivity index (χ0n) is 13.6. The number of carboxylic acids is 1. The lowest BCUT2D eigenvalue weighted by Gasteiger charge is -2.17. The van der Waals surface area contributed by atoms with Crippen LogP contribution in [0.2, 0.25) is 0 Å². The maximum absolute atomic E-state index is 11.7. The summed E-state index contributed by atoms with van der Waals surface area (Å²) in [6, 6.07) is 6.74. The number of nitrogens with zero attached hydrogens (tertiary/aromatic N) is 1. The van der Waals surface area contributed by atoms with Gasteiger partial charge in [-0.15, -0.1) is 0 Å². The quantitative estimate of drug-likeness (QED) is 0.541. The molecule has 0 radical (unpaired) electrons. The van der Waals surface area contributed by atoms with Crippen molar-refractivity contribution in [2.45, 2.75) is 19.3 Å². The lowest BCUT2D eigenvalue weighted by atomic mass is 9.88. The monoisotopic (exact) mass is 347 g/mol. The first-order valence-electron chi connectivity index (χ1n) is 7.31. The highest BCUT2D eigenvalue weighted by molar-refractivity contribution is 5.77. The van der Waals surface area contributed by atoms with Gasteiger partial charge in [0.05, 0.1) is 18.0 Å². The van der Waals surface area contributed by atoms with Crippen molar-refractivity contribution in [1.29, 1.82) is 0 Å². The third kappa shape index (κ3) is 3.79. The molecule has 1 unspecified atom stereocenters. The average Bonchev–Trinajstić information content (AvgIpc) is 2.54. The SMILES string of the molecule is COc1ccc(C(Cc2cc([N+](=O)[O-])c(O)cc2O)C(=O)O)c(C)c1. The Balaban J connectivity index is 2.46. The van der Waals surface area contributed by atoms with Crippen LogP contribution in [0, 0.1) is 17.0 Å². The maximum Gasteiger partial charge on any atom is 0.311 e. The van der Waals surface area contributed by atoms with Crippen molar-refractivity contribution in [3.63, 3.8) is 0 Å². The van der Waals surface area contributed by atoms with Gasteiger partial charge < -0.3 is 20.1 Å². The molecular weight excluding hydrogens is 330 g/mol. The Morgan fingerprint density at radius 3 is 2.44 bits per heavy atom. The Labute approximate surface area is 143 Å². The summed E-state index contributed by atoms with van der Waals surface area (Å²) in [5.41, 5.74) is 0.651. The summed E-state index contributed by atoms with van der Waals surface area (Å²) in [5, 5.41) is 39.9. The third-order valence-corrected chi connectivity index (χ3v) is 3.95. The fourth-order valence-corrected chi connectivity index (χ4v) is 2.64. The van der Waals surface area contributed by atoms with E-state index >= 15 is 0 Å². The number of phenols is 2. The Bertz CT molecular complexity index is 832. The number of rotatable bonds is 6. The number of hydrogen-bond donors (Lipinski definition) is 3. The second-order valence-electron chi connectivity index (χ2n) is 5.54. The lowest BCUT2D eigenvalue weighted by Crippen LogP contribution is -2.16. The van der Waals surface area contributed by atoms with Crippen molar-refractivity contribution in [1.82, 2.24) is 0 Å². The first-order valence-corrected chi connectivity index (χ1v) is 7.31. The van der Waals surface area contributed by atoms with E-state index in [1.54, 1.807) is 25.1 Å². The average molecular weight is 347 g/mol. The summed E-state index contributed by atoms with van der Waals surface area (Å²) in [6.07, 6.45) is -0.171. The van der Waals surface area contributed by atoms with E-state index in [1.807, 2.05) is 0 Å². The molecule has 0 fully saturated rings. The zero-order chi connectivity index (χ0) is 18.7. The van der Waals surface area contributed by atoms with Crippen LogP contribution in [-0.4, -0.2) is 33.3 Å². The molecule has 0 spiro atoms. The van der Waals surface area contributed by atoms with Gasteiger partial charge in [-0.2, -0.15) is 0 Å². The van der Waals surface area contributed by atoms with Crippen LogP contribution in [0.15, 0.2) is 30.3 Å². The Hall–Kier alpha value is -3.29. The number of carbonyl (C=O) groups is 1. The summed E-state index contributed by atoms with van der Waals surface area (Å²) in [6.45, 7) is 1.73. The number of carboxylic acid groups (broad SMARTS) is 1. The third-order valence-electron chi connectivity index (χ3n) is 3.95. The molecule has 0 aliphatic rings. The van der Waals surface area contributed by atoms with E-state index < -0.39 is 34.0 Å². The molecule has 0 amide bonds. The fourth-order valence-electron chi connectivity index (χ4n) is 2.64. The molecule has 8 heteroatoms. The molecule has 0 bridgehead atoms. The van der Waals surface area contributed by atoms with Gasteiger partial charge in [0.15, 0.2) is 5.75 Å². The van der Waals surface area contributed by atoms with Crippen molar-refractivity contribution in [3.05, 3.63) is 57.1 Å². The fraction of sp³-hybridized carbons (Fsp3) is 0.235. The molecule has 0 aliphatic carbocycles. The van der Waals surface area contributed by atoms with E-state index in [2.05, 4.69) is 0 Å². The van der Waals surface area contributed by atoms with Crippen LogP contribution in [0.1, 0.15) is 22.6 Å². The number of aryl methyl sites for hydroxylation is 1. The molecule has 25 heavy (non-hydrogen) atoms. The molecule has 1 atom stereocenters. The van der Waals surface area contributed by atoms with Gasteiger partial charge in [0, 0.05) is 17.7 Å². The number of aliphatic carboxylic acids is 1. The van der Waals surface area contributed by atoms with E-state index in [4.69, 9.17) is 4.74 Å². The maximum atomic E-state index is 11.7. The Kier molecular flexibility index (Phi) is 5.11. The van der Waals surface area contributed by atoms with Crippen LogP contribution in [0.3, 0.4) is 0 Å². The highest BCUT2D eigenvalue weighted by Gasteiger charge is 2.26. The smallest absolute Gasteiger partial charge is 0.311 e. The van der Waals surface area contributed by atoms with E-state index in [0.29, 0.717) is 16.9 Å². The first kappa shape index (κ1) is 18.1. The van der Waals surface area contributed by atoms with Crippen molar-refractivity contribution in [2.75, 3.05) is 7.11 Å². The molecule has 8 nitrogen and oxygen atoms in total. The van der Waals surface area contributed by atoms with Crippen LogP contribution in [0.4, 0.5) is 5.69 Å². The minimum atomic E-state index is -1.14. The largest absolute Gasteiger partial charge is 0.508 e. The normalized spacial score (nSPS) is 11.8. The Morgan fingerprint density at radius 1 is 1.24 bits per heavy atom. The minimum Gasteiger partial charge on any atom is -0.508 e. The van der Waals surface area contributed by atoms with Crippen molar-refractivity contribution < 1.29 is 29.8 Å². The summed E-state index contributed by atoms with van der Waals surface area (Å²) >= 11 is 0. The van der Waals surface area contributed by atoms with Gasteiger partial charge in [-0.05, 0) is 36.6 Å². The standard InChI is InChI=1S/C17H17NO7/c1-9-5-11(25-2)3-4-12(9)13(17(21)22)6-10-7-14(18(23)24)16(20)8-15(10)19/h3-5,7-8,13,19-20H,6H2,1-2H3,(H,21,22). The van der Waals surface area contributed by atoms with Crippen molar-refractivity contribution >= 4 is 11.7 Å². The minimum absolute atomic E-state index is 0.0621. The molecule has 0 heterocycles. The molecule has 0 saturated carbocycles. The van der Waals surface area contributed by atoms with E-state index in [0.717, 1.165) is 12.1 Å². The van der Waals surface area contributed by atoms with Gasteiger partial charge >= 0.3 is 11.7 Å². The summed E-state index contributed by atoms with van der Waals surface area (Å²) < 4.78 is 5.09. The lowest BCUT2D eigenvalue weighted by molar-refractivity contribution is -0.385. The van der Waals surface area contributed by atoms with Gasteiger partial charge in [0.2, 0.25) is 0 Å². The van der Waals surface area contributed by atoms with Crippen molar-refractivity contribution in [3.8, 4) is 17.2 Å². The molecule has 2 rings (SSSR count). The predicted molar refractivity (Wildman–Crippen MR) is 88.2 cm³/mol. The molecule has 3 N–H and O–H groups in total. The number of methoxy groups -OCH3 is 1. The van der Waals surface area contributed by atoms with Crippen LogP contribution in [-0.2, 0) is 11.2 Å². The Morgan fingerprint density at radius 2 is 1.92 bits per heavy atom. The molecule has 2 aromatic carbocycles. The molecule has 0 aliphatic heterocycles. The molecular formula is C17H17NO7. The van der Waals surface area contributed by atoms with Crippen LogP contribution in [0.25, 0.3) is 0 Å². The zero-order valence-corrected chi connectivity index (χ0v) is 13.6. The molecule has 132 valence electrons. The number of nitro groups is 1. The second-order valence-corrected chi connectivity index (χ2v) is 5.54. The number of ether oxygens (including phenoxy) is 1. The van der Waals surface area contributed by atoms with E-state index in [-0.39, 0.29) is 12.0 Å². The van der Waals surface area contributed by atoms with Gasteiger partial charge in [0.1, 0.15) is 11.5 Å². The van der Waals surface area contributed by atoms with Gasteiger partial charge in [-0.25, -0.2) is 0 Å². The van der Waals surface area contributed by atoms with Crippen molar-refractivity contribution in [2.24, 2.45) is 0 Å². The highest BCUT2D eigenvalue weighted by Crippen LogP contribution is 2.36. The second kappa shape index (κ2) is 7.08. The number of aromatic hydroxyl groups is 2. The molecule has 0 saturated heterocycles. The predicted octanol–water partition coefficient (Wildman–Crippen LogP) is 2.73. The molecule has 2 aromatic rings. The molecule has 0 aromatic heterocycles. The van der Waals surface area contributed by atoms with E-state index in [1.165, 1.54) is 7.11 Å². The van der Waals surface area contributed by atoms with E-state index in [9.17, 15) is 30.2 Å². The number of benzene rings is 2. The van der Waals surface area contributed by atoms with Crippen LogP contribution < -0.4 is 4.74 Å². The van der Waals surface area contributed by atoms with Gasteiger partial charge in [-0.3, -0.25) is 14.9 Å². The number of nitro benzene ring substituents is 1. The number of phenolic OH excluding ortho intramolecular Hbond substituents is 2. The van der Waals surface area contributed by atoms with Gasteiger partial charge in [-0.1, -0.05) is 6.07 Å². The topological polar surface area (TPSA) is 130 Å². The highest BCUT2D eigenvalue weighted by atomic mass is 16.6. The summed E-state index contributed by atoms with van der Waals surface area (Å²) in [7, 11) is 1.50. The summed E-state index contributed by atoms with van der Waals surface area (Å²) in [5.74, 6) is -2.67. The van der Waals surface area contributed by atoms with Crippen LogP contribution in [0.5, 0.6) is 17.2 Å². The number of hydrogen-bond acceptors (Lipinski definition) is 6. The summed E-state index contributed by atoms with van der Waals surface area (Å²) in [4.78, 5) is 21.8.